The van der Waals surface area contributed by atoms with Gasteiger partial charge in [0.2, 0.25) is 0 Å². The minimum absolute atomic E-state index is 0.0181. The van der Waals surface area contributed by atoms with Gasteiger partial charge in [0.15, 0.2) is 0 Å². The highest BCUT2D eigenvalue weighted by atomic mass is 32.1. The zero-order chi connectivity index (χ0) is 18.4. The Morgan fingerprint density at radius 3 is 3.07 bits per heavy atom. The van der Waals surface area contributed by atoms with E-state index in [4.69, 9.17) is 4.98 Å². The average molecular weight is 387 g/mol. The molecule has 2 bridgehead atoms. The largest absolute Gasteiger partial charge is 0.308 e. The van der Waals surface area contributed by atoms with Crippen molar-refractivity contribution in [1.82, 2.24) is 19.8 Å². The number of aromatic amines is 1. The minimum Gasteiger partial charge on any atom is -0.308 e. The van der Waals surface area contributed by atoms with Crippen LogP contribution in [0.5, 0.6) is 0 Å². The van der Waals surface area contributed by atoms with Crippen molar-refractivity contribution in [2.45, 2.75) is 64.1 Å². The van der Waals surface area contributed by atoms with E-state index in [0.29, 0.717) is 0 Å². The highest BCUT2D eigenvalue weighted by molar-refractivity contribution is 7.17. The van der Waals surface area contributed by atoms with Crippen molar-refractivity contribution < 1.29 is 0 Å². The number of H-pyrrole nitrogens is 1. The highest BCUT2D eigenvalue weighted by Crippen LogP contribution is 2.42. The lowest BCUT2D eigenvalue weighted by molar-refractivity contribution is -0.0761. The summed E-state index contributed by atoms with van der Waals surface area (Å²) in [5, 5.41) is 1.95. The van der Waals surface area contributed by atoms with Gasteiger partial charge in [0, 0.05) is 25.2 Å². The summed E-state index contributed by atoms with van der Waals surface area (Å²) in [5.41, 5.74) is 0.864. The number of aromatic nitrogens is 2. The molecular formula is C21H30N4OS. The lowest BCUT2D eigenvalue weighted by atomic mass is 9.71. The molecule has 3 fully saturated rings. The Bertz CT molecular complexity index is 861. The van der Waals surface area contributed by atoms with Gasteiger partial charge in [0.25, 0.3) is 5.56 Å². The van der Waals surface area contributed by atoms with Crippen molar-refractivity contribution in [1.29, 1.82) is 0 Å². The molecule has 0 saturated carbocycles. The lowest BCUT2D eigenvalue weighted by Gasteiger charge is -2.57. The molecule has 146 valence electrons. The molecule has 0 aliphatic carbocycles. The lowest BCUT2D eigenvalue weighted by Crippen LogP contribution is -2.63. The van der Waals surface area contributed by atoms with Gasteiger partial charge in [-0.1, -0.05) is 19.8 Å². The molecule has 2 aromatic heterocycles. The number of nitrogens with zero attached hydrogens (tertiary/aromatic N) is 3. The van der Waals surface area contributed by atoms with Gasteiger partial charge in [0.1, 0.15) is 10.5 Å². The normalized spacial score (nSPS) is 31.9. The third-order valence-corrected chi connectivity index (χ3v) is 7.92. The Morgan fingerprint density at radius 2 is 2.19 bits per heavy atom. The number of hydrogen-bond donors (Lipinski definition) is 1. The van der Waals surface area contributed by atoms with Crippen LogP contribution < -0.4 is 5.56 Å². The monoisotopic (exact) mass is 386 g/mol. The van der Waals surface area contributed by atoms with Gasteiger partial charge < -0.3 is 4.98 Å². The first-order valence-electron chi connectivity index (χ1n) is 10.7. The molecule has 0 unspecified atom stereocenters. The second-order valence-corrected chi connectivity index (χ2v) is 9.67. The number of nitrogens with one attached hydrogen (secondary N) is 1. The predicted molar refractivity (Wildman–Crippen MR) is 110 cm³/mol. The summed E-state index contributed by atoms with van der Waals surface area (Å²) in [6, 6.07) is 3.49. The van der Waals surface area contributed by atoms with Crippen LogP contribution in [0, 0.1) is 11.8 Å². The molecule has 1 N–H and O–H groups in total. The zero-order valence-electron chi connectivity index (χ0n) is 16.2. The second-order valence-electron chi connectivity index (χ2n) is 8.75. The second kappa shape index (κ2) is 7.30. The number of piperidine rings is 3. The van der Waals surface area contributed by atoms with Gasteiger partial charge in [-0.25, -0.2) is 4.98 Å². The molecule has 0 spiro atoms. The third-order valence-electron chi connectivity index (χ3n) is 7.02. The average Bonchev–Trinajstić information content (AvgIpc) is 3.14. The first-order valence-corrected chi connectivity index (χ1v) is 11.6. The van der Waals surface area contributed by atoms with E-state index in [2.05, 4.69) is 21.7 Å². The van der Waals surface area contributed by atoms with E-state index in [1.807, 2.05) is 11.4 Å². The fourth-order valence-electron chi connectivity index (χ4n) is 6.04. The van der Waals surface area contributed by atoms with E-state index >= 15 is 0 Å². The number of fused-ring (bicyclic) bond motifs is 5. The molecule has 2 aromatic rings. The Labute approximate surface area is 164 Å². The van der Waals surface area contributed by atoms with Crippen molar-refractivity contribution in [2.75, 3.05) is 19.6 Å². The Balaban J connectivity index is 1.38. The molecule has 3 aliphatic rings. The van der Waals surface area contributed by atoms with Gasteiger partial charge in [-0.2, -0.15) is 0 Å². The molecule has 0 radical (unpaired) electrons. The van der Waals surface area contributed by atoms with Crippen molar-refractivity contribution >= 4 is 21.6 Å². The number of thiophene rings is 1. The van der Waals surface area contributed by atoms with Crippen LogP contribution in [0.15, 0.2) is 16.2 Å². The Morgan fingerprint density at radius 1 is 1.30 bits per heavy atom. The van der Waals surface area contributed by atoms with E-state index in [0.717, 1.165) is 59.6 Å². The SMILES string of the molecule is CCC[C@H]1[C@H]2C[C@H](CN(Cc3nc4ccsc4c(=O)[nH]3)C2)[C@@H]2CCCCN21. The van der Waals surface area contributed by atoms with Crippen molar-refractivity contribution in [2.24, 2.45) is 11.8 Å². The summed E-state index contributed by atoms with van der Waals surface area (Å²) in [5.74, 6) is 2.39. The van der Waals surface area contributed by atoms with Crippen LogP contribution in [-0.4, -0.2) is 51.5 Å². The maximum absolute atomic E-state index is 12.3. The van der Waals surface area contributed by atoms with Crippen molar-refractivity contribution in [3.63, 3.8) is 0 Å². The summed E-state index contributed by atoms with van der Waals surface area (Å²) < 4.78 is 0.745. The Hall–Kier alpha value is -1.24. The highest BCUT2D eigenvalue weighted by Gasteiger charge is 2.46. The molecule has 0 amide bonds. The molecule has 5 nitrogen and oxygen atoms in total. The molecule has 5 heterocycles. The summed E-state index contributed by atoms with van der Waals surface area (Å²) in [6.07, 6.45) is 8.16. The van der Waals surface area contributed by atoms with Crippen molar-refractivity contribution in [3.8, 4) is 0 Å². The summed E-state index contributed by atoms with van der Waals surface area (Å²) >= 11 is 1.48. The molecule has 27 heavy (non-hydrogen) atoms. The number of likely N-dealkylation sites (tertiary alicyclic amines) is 1. The summed E-state index contributed by atoms with van der Waals surface area (Å²) in [6.45, 7) is 6.72. The first kappa shape index (κ1) is 17.8. The van der Waals surface area contributed by atoms with E-state index in [1.54, 1.807) is 0 Å². The van der Waals surface area contributed by atoms with Gasteiger partial charge in [0.05, 0.1) is 12.1 Å². The first-order chi connectivity index (χ1) is 13.2. The van der Waals surface area contributed by atoms with Crippen LogP contribution in [0.25, 0.3) is 10.2 Å². The molecule has 3 saturated heterocycles. The van der Waals surface area contributed by atoms with Crippen LogP contribution >= 0.6 is 11.3 Å². The van der Waals surface area contributed by atoms with Crippen LogP contribution in [0.1, 0.15) is 51.3 Å². The van der Waals surface area contributed by atoms with Gasteiger partial charge in [-0.3, -0.25) is 14.6 Å². The molecular weight excluding hydrogens is 356 g/mol. The van der Waals surface area contributed by atoms with Crippen LogP contribution in [0.4, 0.5) is 0 Å². The standard InChI is InChI=1S/C21H30N4OS/c1-2-5-17-14-10-15(18-6-3-4-8-25(17)18)12-24(11-14)13-19-22-16-7-9-27-20(16)21(26)23-19/h7,9,14-15,17-18H,2-6,8,10-13H2,1H3,(H,22,23,26)/t14-,15+,17-,18-/m0/s1. The quantitative estimate of drug-likeness (QED) is 0.874. The van der Waals surface area contributed by atoms with E-state index in [1.165, 1.54) is 56.4 Å². The smallest absolute Gasteiger partial charge is 0.268 e. The molecule has 5 rings (SSSR count). The maximum atomic E-state index is 12.3. The fraction of sp³-hybridized carbons (Fsp3) is 0.714. The predicted octanol–water partition coefficient (Wildman–Crippen LogP) is 3.46. The van der Waals surface area contributed by atoms with Crippen molar-refractivity contribution in [3.05, 3.63) is 27.6 Å². The molecule has 3 aliphatic heterocycles. The fourth-order valence-corrected chi connectivity index (χ4v) is 6.76. The topological polar surface area (TPSA) is 52.2 Å². The van der Waals surface area contributed by atoms with E-state index in [-0.39, 0.29) is 5.56 Å². The van der Waals surface area contributed by atoms with Crippen LogP contribution in [-0.2, 0) is 6.54 Å². The van der Waals surface area contributed by atoms with Gasteiger partial charge in [-0.05, 0) is 55.5 Å². The van der Waals surface area contributed by atoms with E-state index in [9.17, 15) is 4.79 Å². The van der Waals surface area contributed by atoms with Gasteiger partial charge >= 0.3 is 0 Å². The molecule has 0 aromatic carbocycles. The zero-order valence-corrected chi connectivity index (χ0v) is 17.0. The molecule has 6 heteroatoms. The Kier molecular flexibility index (Phi) is 4.82. The van der Waals surface area contributed by atoms with Gasteiger partial charge in [-0.15, -0.1) is 11.3 Å². The summed E-state index contributed by atoms with van der Waals surface area (Å²) in [4.78, 5) is 25.5. The van der Waals surface area contributed by atoms with E-state index < -0.39 is 0 Å². The molecule has 4 atom stereocenters. The maximum Gasteiger partial charge on any atom is 0.268 e. The van der Waals surface area contributed by atoms with Crippen LogP contribution in [0.3, 0.4) is 0 Å². The minimum atomic E-state index is 0.0181. The number of rotatable bonds is 4. The summed E-state index contributed by atoms with van der Waals surface area (Å²) in [7, 11) is 0. The third kappa shape index (κ3) is 3.26. The van der Waals surface area contributed by atoms with Crippen LogP contribution in [0.2, 0.25) is 0 Å². The number of hydrogen-bond acceptors (Lipinski definition) is 5.